The number of halogens is 3. The van der Waals surface area contributed by atoms with Crippen LogP contribution >= 0.6 is 0 Å². The Bertz CT molecular complexity index is 1010. The highest BCUT2D eigenvalue weighted by molar-refractivity contribution is 6.43. The predicted octanol–water partition coefficient (Wildman–Crippen LogP) is 4.47. The number of alkyl halides is 3. The second-order valence-corrected chi connectivity index (χ2v) is 5.76. The summed E-state index contributed by atoms with van der Waals surface area (Å²) in [4.78, 5) is 27.9. The van der Waals surface area contributed by atoms with Crippen LogP contribution in [-0.2, 0) is 15.8 Å². The maximum atomic E-state index is 13.0. The number of pyridine rings is 1. The molecule has 0 aliphatic rings. The minimum atomic E-state index is -4.66. The molecule has 2 N–H and O–H groups in total. The van der Waals surface area contributed by atoms with E-state index in [0.29, 0.717) is 11.5 Å². The number of rotatable bonds is 4. The van der Waals surface area contributed by atoms with Gasteiger partial charge >= 0.3 is 18.0 Å². The number of carbonyl (C=O) groups is 2. The summed E-state index contributed by atoms with van der Waals surface area (Å²) < 4.78 is 44.5. The molecule has 29 heavy (non-hydrogen) atoms. The third kappa shape index (κ3) is 5.32. The first-order valence-electron chi connectivity index (χ1n) is 8.29. The zero-order valence-corrected chi connectivity index (χ0v) is 14.7. The lowest BCUT2D eigenvalue weighted by molar-refractivity contribution is -0.137. The molecule has 0 aliphatic carbocycles. The van der Waals surface area contributed by atoms with Crippen molar-refractivity contribution in [3.8, 4) is 11.5 Å². The molecule has 1 aromatic heterocycles. The fourth-order valence-electron chi connectivity index (χ4n) is 2.35. The summed E-state index contributed by atoms with van der Waals surface area (Å²) in [6, 6.07) is 13.8. The summed E-state index contributed by atoms with van der Waals surface area (Å²) in [6.45, 7) is 0. The minimum absolute atomic E-state index is 0.274. The number of amides is 2. The molecule has 1 heterocycles. The summed E-state index contributed by atoms with van der Waals surface area (Å²) in [5, 5.41) is 4.29. The van der Waals surface area contributed by atoms with Crippen LogP contribution in [0.2, 0.25) is 0 Å². The van der Waals surface area contributed by atoms with Crippen LogP contribution in [0.5, 0.6) is 11.5 Å². The minimum Gasteiger partial charge on any atom is -0.457 e. The normalized spacial score (nSPS) is 10.9. The van der Waals surface area contributed by atoms with E-state index in [0.717, 1.165) is 12.1 Å². The van der Waals surface area contributed by atoms with Crippen molar-refractivity contribution < 1.29 is 27.5 Å². The average Bonchev–Trinajstić information content (AvgIpc) is 2.70. The lowest BCUT2D eigenvalue weighted by Gasteiger charge is -2.13. The molecule has 0 saturated carbocycles. The van der Waals surface area contributed by atoms with Gasteiger partial charge in [-0.2, -0.15) is 13.2 Å². The van der Waals surface area contributed by atoms with Gasteiger partial charge in [-0.15, -0.1) is 0 Å². The van der Waals surface area contributed by atoms with Crippen molar-refractivity contribution in [2.24, 2.45) is 0 Å². The number of hydrogen-bond acceptors (Lipinski definition) is 4. The molecule has 0 fully saturated rings. The van der Waals surface area contributed by atoms with E-state index in [1.807, 2.05) is 5.32 Å². The van der Waals surface area contributed by atoms with Gasteiger partial charge in [0.1, 0.15) is 11.5 Å². The number of nitrogens with one attached hydrogen (secondary N) is 2. The van der Waals surface area contributed by atoms with Crippen LogP contribution in [-0.4, -0.2) is 16.8 Å². The predicted molar refractivity (Wildman–Crippen MR) is 99.5 cm³/mol. The van der Waals surface area contributed by atoms with Crippen molar-refractivity contribution in [1.82, 2.24) is 4.98 Å². The van der Waals surface area contributed by atoms with Crippen molar-refractivity contribution in [2.75, 3.05) is 10.6 Å². The van der Waals surface area contributed by atoms with Crippen LogP contribution in [0, 0.1) is 0 Å². The SMILES string of the molecule is O=C(Nc1ccc(Oc2ccncc2)cc1)C(=O)Nc1ccccc1C(F)(F)F. The number of benzene rings is 2. The van der Waals surface area contributed by atoms with E-state index in [1.54, 1.807) is 36.7 Å². The molecule has 0 aliphatic heterocycles. The fraction of sp³-hybridized carbons (Fsp3) is 0.0500. The highest BCUT2D eigenvalue weighted by Gasteiger charge is 2.34. The van der Waals surface area contributed by atoms with Crippen LogP contribution in [0.4, 0.5) is 24.5 Å². The van der Waals surface area contributed by atoms with Crippen molar-refractivity contribution in [3.63, 3.8) is 0 Å². The maximum absolute atomic E-state index is 13.0. The van der Waals surface area contributed by atoms with Gasteiger partial charge in [-0.1, -0.05) is 12.1 Å². The van der Waals surface area contributed by atoms with Gasteiger partial charge < -0.3 is 15.4 Å². The third-order valence-corrected chi connectivity index (χ3v) is 3.68. The summed E-state index contributed by atoms with van der Waals surface area (Å²) in [5.41, 5.74) is -1.27. The first kappa shape index (κ1) is 19.9. The van der Waals surface area contributed by atoms with E-state index in [2.05, 4.69) is 10.3 Å². The second-order valence-electron chi connectivity index (χ2n) is 5.76. The smallest absolute Gasteiger partial charge is 0.418 e. The quantitative estimate of drug-likeness (QED) is 0.632. The number of hydrogen-bond donors (Lipinski definition) is 2. The topological polar surface area (TPSA) is 80.3 Å². The van der Waals surface area contributed by atoms with Gasteiger partial charge in [0.05, 0.1) is 11.3 Å². The molecule has 3 aromatic rings. The monoisotopic (exact) mass is 401 g/mol. The van der Waals surface area contributed by atoms with E-state index in [9.17, 15) is 22.8 Å². The Morgan fingerprint density at radius 3 is 2.03 bits per heavy atom. The van der Waals surface area contributed by atoms with Crippen molar-refractivity contribution in [1.29, 1.82) is 0 Å². The first-order valence-corrected chi connectivity index (χ1v) is 8.29. The average molecular weight is 401 g/mol. The molecule has 6 nitrogen and oxygen atoms in total. The van der Waals surface area contributed by atoms with Crippen LogP contribution < -0.4 is 15.4 Å². The van der Waals surface area contributed by atoms with Gasteiger partial charge in [0.2, 0.25) is 0 Å². The molecule has 9 heteroatoms. The molecule has 2 amide bonds. The Balaban J connectivity index is 1.62. The highest BCUT2D eigenvalue weighted by atomic mass is 19.4. The van der Waals surface area contributed by atoms with Crippen LogP contribution in [0.3, 0.4) is 0 Å². The second kappa shape index (κ2) is 8.42. The van der Waals surface area contributed by atoms with Crippen molar-refractivity contribution in [3.05, 3.63) is 78.6 Å². The number of ether oxygens (including phenoxy) is 1. The Morgan fingerprint density at radius 2 is 1.38 bits per heavy atom. The Labute approximate surface area is 163 Å². The molecule has 0 bridgehead atoms. The van der Waals surface area contributed by atoms with E-state index in [1.165, 1.54) is 24.3 Å². The Morgan fingerprint density at radius 1 is 0.793 bits per heavy atom. The lowest BCUT2D eigenvalue weighted by Crippen LogP contribution is -2.30. The van der Waals surface area contributed by atoms with Gasteiger partial charge in [-0.3, -0.25) is 14.6 Å². The molecule has 0 unspecified atom stereocenters. The van der Waals surface area contributed by atoms with Crippen LogP contribution in [0.25, 0.3) is 0 Å². The molecular formula is C20H14F3N3O3. The lowest BCUT2D eigenvalue weighted by atomic mass is 10.1. The number of aromatic nitrogens is 1. The number of anilines is 2. The molecule has 0 atom stereocenters. The van der Waals surface area contributed by atoms with Gasteiger partial charge in [0.15, 0.2) is 0 Å². The molecule has 3 rings (SSSR count). The van der Waals surface area contributed by atoms with Crippen molar-refractivity contribution >= 4 is 23.2 Å². The van der Waals surface area contributed by atoms with Crippen LogP contribution in [0.15, 0.2) is 73.1 Å². The third-order valence-electron chi connectivity index (χ3n) is 3.68. The van der Waals surface area contributed by atoms with E-state index >= 15 is 0 Å². The first-order chi connectivity index (χ1) is 13.8. The number of nitrogens with zero attached hydrogens (tertiary/aromatic N) is 1. The number of carbonyl (C=O) groups excluding carboxylic acids is 2. The van der Waals surface area contributed by atoms with Gasteiger partial charge in [-0.05, 0) is 48.5 Å². The van der Waals surface area contributed by atoms with Gasteiger partial charge in [0, 0.05) is 18.1 Å². The van der Waals surface area contributed by atoms with Gasteiger partial charge in [0.25, 0.3) is 0 Å². The standard InChI is InChI=1S/C20H14F3N3O3/c21-20(22,23)16-3-1-2-4-17(16)26-19(28)18(27)25-13-5-7-14(8-6-13)29-15-9-11-24-12-10-15/h1-12H,(H,25,27)(H,26,28). The fourth-order valence-corrected chi connectivity index (χ4v) is 2.35. The molecular weight excluding hydrogens is 387 g/mol. The summed E-state index contributed by atoms with van der Waals surface area (Å²) in [5.74, 6) is -1.28. The Hall–Kier alpha value is -3.88. The van der Waals surface area contributed by atoms with E-state index in [-0.39, 0.29) is 5.69 Å². The summed E-state index contributed by atoms with van der Waals surface area (Å²) >= 11 is 0. The largest absolute Gasteiger partial charge is 0.457 e. The number of para-hydroxylation sites is 1. The van der Waals surface area contributed by atoms with Gasteiger partial charge in [-0.25, -0.2) is 0 Å². The summed E-state index contributed by atoms with van der Waals surface area (Å²) in [7, 11) is 0. The zero-order valence-electron chi connectivity index (χ0n) is 14.7. The molecule has 0 radical (unpaired) electrons. The molecule has 0 spiro atoms. The zero-order chi connectivity index (χ0) is 20.9. The van der Waals surface area contributed by atoms with E-state index in [4.69, 9.17) is 4.74 Å². The molecule has 2 aromatic carbocycles. The van der Waals surface area contributed by atoms with E-state index < -0.39 is 29.2 Å². The van der Waals surface area contributed by atoms with Crippen molar-refractivity contribution in [2.45, 2.75) is 6.18 Å². The maximum Gasteiger partial charge on any atom is 0.418 e. The van der Waals surface area contributed by atoms with Crippen LogP contribution in [0.1, 0.15) is 5.56 Å². The Kier molecular flexibility index (Phi) is 5.77. The molecule has 148 valence electrons. The summed E-state index contributed by atoms with van der Waals surface area (Å²) in [6.07, 6.45) is -1.52. The molecule has 0 saturated heterocycles. The highest BCUT2D eigenvalue weighted by Crippen LogP contribution is 2.34.